The Morgan fingerprint density at radius 1 is 1.19 bits per heavy atom. The van der Waals surface area contributed by atoms with E-state index in [1.807, 2.05) is 11.7 Å². The number of aliphatic imine (C=N–C) groups is 1. The Bertz CT molecular complexity index is 892. The lowest BCUT2D eigenvalue weighted by Crippen LogP contribution is -2.43. The van der Waals surface area contributed by atoms with Crippen LogP contribution in [-0.4, -0.2) is 46.3 Å². The topological polar surface area (TPSA) is 57.5 Å². The molecule has 6 nitrogen and oxygen atoms in total. The molecule has 1 atom stereocenters. The number of benzene rings is 1. The number of aryl methyl sites for hydroxylation is 2. The number of hydrogen-bond donors (Lipinski definition) is 2. The number of piperidine rings is 1. The van der Waals surface area contributed by atoms with Crippen LogP contribution < -0.4 is 10.6 Å². The Kier molecular flexibility index (Phi) is 8.74. The summed E-state index contributed by atoms with van der Waals surface area (Å²) in [5.74, 6) is 1.74. The van der Waals surface area contributed by atoms with Crippen molar-refractivity contribution < 1.29 is 0 Å². The summed E-state index contributed by atoms with van der Waals surface area (Å²) < 4.78 is 1.97. The van der Waals surface area contributed by atoms with Gasteiger partial charge in [-0.25, -0.2) is 4.99 Å². The monoisotopic (exact) mass is 438 g/mol. The van der Waals surface area contributed by atoms with Crippen LogP contribution in [0.15, 0.2) is 29.3 Å². The van der Waals surface area contributed by atoms with Gasteiger partial charge in [-0.05, 0) is 82.7 Å². The largest absolute Gasteiger partial charge is 0.357 e. The zero-order chi connectivity index (χ0) is 23.1. The highest BCUT2D eigenvalue weighted by Gasteiger charge is 2.17. The Labute approximate surface area is 194 Å². The normalized spacial score (nSPS) is 16.9. The Morgan fingerprint density at radius 2 is 1.88 bits per heavy atom. The molecule has 6 heteroatoms. The first-order valence-electron chi connectivity index (χ1n) is 12.2. The van der Waals surface area contributed by atoms with E-state index in [-0.39, 0.29) is 6.04 Å². The summed E-state index contributed by atoms with van der Waals surface area (Å²) in [6.07, 6.45) is 3.55. The molecule has 1 aromatic heterocycles. The van der Waals surface area contributed by atoms with Crippen molar-refractivity contribution in [3.63, 3.8) is 0 Å². The maximum Gasteiger partial charge on any atom is 0.191 e. The van der Waals surface area contributed by atoms with Crippen LogP contribution in [0.1, 0.15) is 61.7 Å². The minimum Gasteiger partial charge on any atom is -0.357 e. The predicted octanol–water partition coefficient (Wildman–Crippen LogP) is 3.96. The first-order valence-corrected chi connectivity index (χ1v) is 12.2. The number of aromatic nitrogens is 2. The third-order valence-corrected chi connectivity index (χ3v) is 6.69. The molecule has 0 aliphatic carbocycles. The molecule has 2 aromatic rings. The summed E-state index contributed by atoms with van der Waals surface area (Å²) >= 11 is 0. The third-order valence-electron chi connectivity index (χ3n) is 6.69. The molecule has 0 amide bonds. The van der Waals surface area contributed by atoms with E-state index in [4.69, 9.17) is 4.99 Å². The average Bonchev–Trinajstić information content (AvgIpc) is 3.00. The van der Waals surface area contributed by atoms with Gasteiger partial charge in [0.05, 0.1) is 12.2 Å². The maximum absolute atomic E-state index is 4.94. The number of rotatable bonds is 8. The lowest BCUT2D eigenvalue weighted by atomic mass is 9.98. The first-order chi connectivity index (χ1) is 15.4. The lowest BCUT2D eigenvalue weighted by molar-refractivity contribution is 0.185. The SMILES string of the molecule is CCNC(=NCc1ccccc1CN1CCC(C)CC1)NC(C)Cc1c(C)nn(C)c1C. The van der Waals surface area contributed by atoms with Crippen LogP contribution in [-0.2, 0) is 26.6 Å². The Balaban J connectivity index is 1.64. The molecule has 0 saturated carbocycles. The van der Waals surface area contributed by atoms with Crippen molar-refractivity contribution in [2.45, 2.75) is 73.0 Å². The highest BCUT2D eigenvalue weighted by atomic mass is 15.3. The van der Waals surface area contributed by atoms with Gasteiger partial charge in [0, 0.05) is 31.9 Å². The van der Waals surface area contributed by atoms with E-state index in [1.54, 1.807) is 0 Å². The Hall–Kier alpha value is -2.34. The molecule has 2 heterocycles. The van der Waals surface area contributed by atoms with Crippen molar-refractivity contribution in [3.05, 3.63) is 52.3 Å². The van der Waals surface area contributed by atoms with Gasteiger partial charge < -0.3 is 10.6 Å². The van der Waals surface area contributed by atoms with Gasteiger partial charge >= 0.3 is 0 Å². The van der Waals surface area contributed by atoms with Gasteiger partial charge in [-0.2, -0.15) is 5.10 Å². The molecular formula is C26H42N6. The third kappa shape index (κ3) is 6.58. The molecule has 2 N–H and O–H groups in total. The minimum atomic E-state index is 0.264. The van der Waals surface area contributed by atoms with E-state index in [0.717, 1.165) is 37.1 Å². The van der Waals surface area contributed by atoms with Crippen molar-refractivity contribution in [1.82, 2.24) is 25.3 Å². The van der Waals surface area contributed by atoms with E-state index >= 15 is 0 Å². The van der Waals surface area contributed by atoms with Gasteiger partial charge in [-0.1, -0.05) is 31.2 Å². The van der Waals surface area contributed by atoms with E-state index in [0.29, 0.717) is 6.54 Å². The van der Waals surface area contributed by atoms with E-state index in [9.17, 15) is 0 Å². The van der Waals surface area contributed by atoms with Crippen LogP contribution in [0.5, 0.6) is 0 Å². The summed E-state index contributed by atoms with van der Waals surface area (Å²) in [7, 11) is 2.01. The summed E-state index contributed by atoms with van der Waals surface area (Å²) in [5.41, 5.74) is 6.39. The molecule has 1 aliphatic rings. The predicted molar refractivity (Wildman–Crippen MR) is 134 cm³/mol. The molecule has 1 aliphatic heterocycles. The van der Waals surface area contributed by atoms with Gasteiger partial charge in [0.25, 0.3) is 0 Å². The fourth-order valence-electron chi connectivity index (χ4n) is 4.51. The zero-order valence-corrected chi connectivity index (χ0v) is 20.9. The van der Waals surface area contributed by atoms with Crippen molar-refractivity contribution in [2.24, 2.45) is 18.0 Å². The number of likely N-dealkylation sites (tertiary alicyclic amines) is 1. The van der Waals surface area contributed by atoms with Crippen LogP contribution in [0.3, 0.4) is 0 Å². The molecule has 1 saturated heterocycles. The van der Waals surface area contributed by atoms with E-state index < -0.39 is 0 Å². The van der Waals surface area contributed by atoms with Gasteiger partial charge in [0.2, 0.25) is 0 Å². The Morgan fingerprint density at radius 3 is 2.50 bits per heavy atom. The van der Waals surface area contributed by atoms with E-state index in [2.05, 4.69) is 79.5 Å². The van der Waals surface area contributed by atoms with Crippen LogP contribution in [0, 0.1) is 19.8 Å². The lowest BCUT2D eigenvalue weighted by Gasteiger charge is -2.30. The van der Waals surface area contributed by atoms with Gasteiger partial charge in [-0.15, -0.1) is 0 Å². The molecule has 0 radical (unpaired) electrons. The standard InChI is InChI=1S/C26H42N6/c1-7-27-26(29-20(3)16-25-21(4)30-31(6)22(25)5)28-17-23-10-8-9-11-24(23)18-32-14-12-19(2)13-15-32/h8-11,19-20H,7,12-18H2,1-6H3,(H2,27,28,29). The van der Waals surface area contributed by atoms with Gasteiger partial charge in [0.15, 0.2) is 5.96 Å². The second-order valence-corrected chi connectivity index (χ2v) is 9.45. The van der Waals surface area contributed by atoms with Crippen molar-refractivity contribution in [2.75, 3.05) is 19.6 Å². The van der Waals surface area contributed by atoms with Crippen molar-refractivity contribution in [3.8, 4) is 0 Å². The molecule has 0 spiro atoms. The fraction of sp³-hybridized carbons (Fsp3) is 0.615. The number of guanidine groups is 1. The quantitative estimate of drug-likeness (QED) is 0.484. The van der Waals surface area contributed by atoms with Gasteiger partial charge in [-0.3, -0.25) is 9.58 Å². The molecule has 3 rings (SSSR count). The summed E-state index contributed by atoms with van der Waals surface area (Å²) in [4.78, 5) is 7.53. The fourth-order valence-corrected chi connectivity index (χ4v) is 4.51. The van der Waals surface area contributed by atoms with Crippen LogP contribution in [0.2, 0.25) is 0 Å². The van der Waals surface area contributed by atoms with Crippen molar-refractivity contribution in [1.29, 1.82) is 0 Å². The van der Waals surface area contributed by atoms with Crippen LogP contribution in [0.25, 0.3) is 0 Å². The van der Waals surface area contributed by atoms with E-state index in [1.165, 1.54) is 48.3 Å². The molecule has 1 aromatic carbocycles. The van der Waals surface area contributed by atoms with Crippen LogP contribution in [0.4, 0.5) is 0 Å². The summed E-state index contributed by atoms with van der Waals surface area (Å²) in [5, 5.41) is 11.6. The average molecular weight is 439 g/mol. The molecular weight excluding hydrogens is 396 g/mol. The molecule has 1 fully saturated rings. The number of hydrogen-bond acceptors (Lipinski definition) is 3. The highest BCUT2D eigenvalue weighted by Crippen LogP contribution is 2.20. The first kappa shape index (κ1) is 24.3. The molecule has 1 unspecified atom stereocenters. The maximum atomic E-state index is 4.94. The summed E-state index contributed by atoms with van der Waals surface area (Å²) in [6.45, 7) is 15.9. The second kappa shape index (κ2) is 11.5. The molecule has 32 heavy (non-hydrogen) atoms. The van der Waals surface area contributed by atoms with Gasteiger partial charge in [0.1, 0.15) is 0 Å². The van der Waals surface area contributed by atoms with Crippen LogP contribution >= 0.6 is 0 Å². The smallest absolute Gasteiger partial charge is 0.191 e. The molecule has 176 valence electrons. The minimum absolute atomic E-state index is 0.264. The molecule has 0 bridgehead atoms. The number of nitrogens with zero attached hydrogens (tertiary/aromatic N) is 4. The summed E-state index contributed by atoms with van der Waals surface area (Å²) in [6, 6.07) is 9.03. The van der Waals surface area contributed by atoms with Crippen molar-refractivity contribution >= 4 is 5.96 Å². The zero-order valence-electron chi connectivity index (χ0n) is 20.9. The highest BCUT2D eigenvalue weighted by molar-refractivity contribution is 5.80. The second-order valence-electron chi connectivity index (χ2n) is 9.45. The number of nitrogens with one attached hydrogen (secondary N) is 2.